The van der Waals surface area contributed by atoms with Crippen LogP contribution in [0.2, 0.25) is 0 Å². The largest absolute Gasteiger partial charge is 0.377 e. The van der Waals surface area contributed by atoms with Gasteiger partial charge in [0.05, 0.1) is 6.10 Å². The molecule has 1 saturated carbocycles. The van der Waals surface area contributed by atoms with Gasteiger partial charge in [-0.25, -0.2) is 0 Å². The first-order valence-electron chi connectivity index (χ1n) is 5.80. The van der Waals surface area contributed by atoms with Gasteiger partial charge in [-0.15, -0.1) is 0 Å². The highest BCUT2D eigenvalue weighted by Crippen LogP contribution is 2.37. The van der Waals surface area contributed by atoms with Crippen LogP contribution in [0, 0.1) is 11.3 Å². The zero-order valence-electron chi connectivity index (χ0n) is 10.0. The van der Waals surface area contributed by atoms with Crippen LogP contribution in [-0.2, 0) is 4.74 Å². The lowest BCUT2D eigenvalue weighted by molar-refractivity contribution is 0.0319. The molecule has 2 N–H and O–H groups in total. The van der Waals surface area contributed by atoms with Gasteiger partial charge in [-0.05, 0) is 30.6 Å². The second kappa shape index (κ2) is 4.63. The van der Waals surface area contributed by atoms with E-state index in [0.717, 1.165) is 25.4 Å². The molecule has 1 aliphatic rings. The molecule has 0 aromatic heterocycles. The molecule has 2 atom stereocenters. The summed E-state index contributed by atoms with van der Waals surface area (Å²) in [6.45, 7) is 9.79. The first-order chi connectivity index (χ1) is 6.43. The van der Waals surface area contributed by atoms with Crippen LogP contribution in [-0.4, -0.2) is 18.8 Å². The van der Waals surface area contributed by atoms with Crippen molar-refractivity contribution in [3.8, 4) is 0 Å². The minimum atomic E-state index is 0.217. The van der Waals surface area contributed by atoms with Crippen LogP contribution >= 0.6 is 0 Å². The fourth-order valence-electron chi connectivity index (χ4n) is 2.01. The van der Waals surface area contributed by atoms with E-state index in [-0.39, 0.29) is 11.5 Å². The summed E-state index contributed by atoms with van der Waals surface area (Å²) in [6.07, 6.45) is 3.76. The van der Waals surface area contributed by atoms with Crippen molar-refractivity contribution in [2.24, 2.45) is 17.1 Å². The summed E-state index contributed by atoms with van der Waals surface area (Å²) in [5, 5.41) is 0. The van der Waals surface area contributed by atoms with E-state index >= 15 is 0 Å². The van der Waals surface area contributed by atoms with E-state index < -0.39 is 0 Å². The molecule has 0 aromatic carbocycles. The molecule has 1 aliphatic carbocycles. The molecule has 1 fully saturated rings. The maximum absolute atomic E-state index is 6.15. The Labute approximate surface area is 88.2 Å². The number of hydrogen-bond donors (Lipinski definition) is 1. The van der Waals surface area contributed by atoms with Gasteiger partial charge in [-0.3, -0.25) is 0 Å². The Kier molecular flexibility index (Phi) is 3.96. The molecule has 2 nitrogen and oxygen atoms in total. The molecule has 0 aromatic rings. The Morgan fingerprint density at radius 2 is 2.07 bits per heavy atom. The normalized spacial score (nSPS) is 31.3. The number of rotatable bonds is 4. The third-order valence-electron chi connectivity index (χ3n) is 3.40. The van der Waals surface area contributed by atoms with Crippen LogP contribution in [0.4, 0.5) is 0 Å². The Hall–Kier alpha value is -0.0800. The van der Waals surface area contributed by atoms with Crippen molar-refractivity contribution < 1.29 is 4.74 Å². The number of hydrogen-bond acceptors (Lipinski definition) is 2. The summed E-state index contributed by atoms with van der Waals surface area (Å²) in [7, 11) is 0. The standard InChI is InChI=1S/C12H25NO/c1-9(2)6-8-14-10-5-7-12(3,4)11(10)13/h9-11H,5-8,13H2,1-4H3. The van der Waals surface area contributed by atoms with Crippen LogP contribution in [0.5, 0.6) is 0 Å². The van der Waals surface area contributed by atoms with Gasteiger partial charge in [0, 0.05) is 12.6 Å². The van der Waals surface area contributed by atoms with E-state index in [1.54, 1.807) is 0 Å². The Balaban J connectivity index is 2.27. The molecule has 0 amide bonds. The van der Waals surface area contributed by atoms with Gasteiger partial charge in [0.15, 0.2) is 0 Å². The molecule has 0 bridgehead atoms. The van der Waals surface area contributed by atoms with Crippen LogP contribution in [0.3, 0.4) is 0 Å². The predicted molar refractivity (Wildman–Crippen MR) is 60.2 cm³/mol. The van der Waals surface area contributed by atoms with Crippen molar-refractivity contribution in [3.05, 3.63) is 0 Å². The van der Waals surface area contributed by atoms with E-state index in [1.165, 1.54) is 6.42 Å². The fourth-order valence-corrected chi connectivity index (χ4v) is 2.01. The van der Waals surface area contributed by atoms with E-state index in [2.05, 4.69) is 27.7 Å². The molecule has 0 spiro atoms. The van der Waals surface area contributed by atoms with E-state index in [1.807, 2.05) is 0 Å². The molecule has 2 heteroatoms. The molecule has 2 unspecified atom stereocenters. The molecular formula is C12H25NO. The predicted octanol–water partition coefficient (Wildman–Crippen LogP) is 2.57. The van der Waals surface area contributed by atoms with Crippen LogP contribution in [0.15, 0.2) is 0 Å². The average Bonchev–Trinajstić information content (AvgIpc) is 2.31. The summed E-state index contributed by atoms with van der Waals surface area (Å²) in [5.41, 5.74) is 6.42. The number of ether oxygens (including phenoxy) is 1. The lowest BCUT2D eigenvalue weighted by atomic mass is 9.88. The van der Waals surface area contributed by atoms with E-state index in [4.69, 9.17) is 10.5 Å². The molecule has 0 aliphatic heterocycles. The maximum Gasteiger partial charge on any atom is 0.0731 e. The van der Waals surface area contributed by atoms with Crippen molar-refractivity contribution >= 4 is 0 Å². The Bertz CT molecular complexity index is 177. The second-order valence-electron chi connectivity index (χ2n) is 5.64. The topological polar surface area (TPSA) is 35.2 Å². The van der Waals surface area contributed by atoms with Gasteiger partial charge >= 0.3 is 0 Å². The SMILES string of the molecule is CC(C)CCOC1CCC(C)(C)C1N. The first-order valence-corrected chi connectivity index (χ1v) is 5.80. The van der Waals surface area contributed by atoms with Crippen LogP contribution < -0.4 is 5.73 Å². The van der Waals surface area contributed by atoms with E-state index in [9.17, 15) is 0 Å². The third kappa shape index (κ3) is 2.96. The Morgan fingerprint density at radius 3 is 2.50 bits per heavy atom. The molecular weight excluding hydrogens is 174 g/mol. The lowest BCUT2D eigenvalue weighted by Gasteiger charge is -2.26. The average molecular weight is 199 g/mol. The minimum Gasteiger partial charge on any atom is -0.377 e. The molecule has 1 rings (SSSR count). The summed E-state index contributed by atoms with van der Waals surface area (Å²) >= 11 is 0. The van der Waals surface area contributed by atoms with Crippen molar-refractivity contribution in [3.63, 3.8) is 0 Å². The Morgan fingerprint density at radius 1 is 1.43 bits per heavy atom. The highest BCUT2D eigenvalue weighted by Gasteiger charge is 2.39. The highest BCUT2D eigenvalue weighted by atomic mass is 16.5. The van der Waals surface area contributed by atoms with Crippen LogP contribution in [0.1, 0.15) is 47.0 Å². The third-order valence-corrected chi connectivity index (χ3v) is 3.40. The van der Waals surface area contributed by atoms with Crippen molar-refractivity contribution in [2.45, 2.75) is 59.1 Å². The highest BCUT2D eigenvalue weighted by molar-refractivity contribution is 4.94. The zero-order chi connectivity index (χ0) is 10.8. The number of nitrogens with two attached hydrogens (primary N) is 1. The lowest BCUT2D eigenvalue weighted by Crippen LogP contribution is -2.41. The van der Waals surface area contributed by atoms with Crippen molar-refractivity contribution in [1.82, 2.24) is 0 Å². The van der Waals surface area contributed by atoms with E-state index in [0.29, 0.717) is 6.10 Å². The molecule has 0 radical (unpaired) electrons. The smallest absolute Gasteiger partial charge is 0.0731 e. The van der Waals surface area contributed by atoms with Gasteiger partial charge < -0.3 is 10.5 Å². The summed E-state index contributed by atoms with van der Waals surface area (Å²) in [4.78, 5) is 0. The van der Waals surface area contributed by atoms with Gasteiger partial charge in [-0.2, -0.15) is 0 Å². The second-order valence-corrected chi connectivity index (χ2v) is 5.64. The summed E-state index contributed by atoms with van der Waals surface area (Å²) in [6, 6.07) is 0.217. The molecule has 0 heterocycles. The van der Waals surface area contributed by atoms with Crippen molar-refractivity contribution in [2.75, 3.05) is 6.61 Å². The zero-order valence-corrected chi connectivity index (χ0v) is 10.0. The fraction of sp³-hybridized carbons (Fsp3) is 1.00. The maximum atomic E-state index is 6.15. The van der Waals surface area contributed by atoms with Gasteiger partial charge in [0.25, 0.3) is 0 Å². The van der Waals surface area contributed by atoms with Gasteiger partial charge in [0.2, 0.25) is 0 Å². The summed E-state index contributed by atoms with van der Waals surface area (Å²) < 4.78 is 5.84. The van der Waals surface area contributed by atoms with Gasteiger partial charge in [-0.1, -0.05) is 27.7 Å². The van der Waals surface area contributed by atoms with Gasteiger partial charge in [0.1, 0.15) is 0 Å². The minimum absolute atomic E-state index is 0.217. The monoisotopic (exact) mass is 199 g/mol. The first kappa shape index (κ1) is 12.0. The molecule has 0 saturated heterocycles. The molecule has 14 heavy (non-hydrogen) atoms. The van der Waals surface area contributed by atoms with Crippen molar-refractivity contribution in [1.29, 1.82) is 0 Å². The molecule has 84 valence electrons. The quantitative estimate of drug-likeness (QED) is 0.755. The van der Waals surface area contributed by atoms with Crippen LogP contribution in [0.25, 0.3) is 0 Å². The summed E-state index contributed by atoms with van der Waals surface area (Å²) in [5.74, 6) is 0.723.